The minimum atomic E-state index is -0.670. The monoisotopic (exact) mass is 405 g/mol. The number of aromatic hydroxyl groups is 1. The number of nitrogens with zero attached hydrogens (tertiary/aromatic N) is 2. The highest BCUT2D eigenvalue weighted by atomic mass is 16.6. The minimum Gasteiger partial charge on any atom is -0.508 e. The second-order valence-electron chi connectivity index (χ2n) is 7.62. The van der Waals surface area contributed by atoms with Gasteiger partial charge in [0.25, 0.3) is 5.91 Å². The van der Waals surface area contributed by atoms with Gasteiger partial charge < -0.3 is 24.6 Å². The van der Waals surface area contributed by atoms with E-state index in [0.29, 0.717) is 18.1 Å². The van der Waals surface area contributed by atoms with Gasteiger partial charge in [-0.05, 0) is 46.8 Å². The van der Waals surface area contributed by atoms with Crippen molar-refractivity contribution in [2.24, 2.45) is 0 Å². The van der Waals surface area contributed by atoms with Crippen LogP contribution in [0.2, 0.25) is 0 Å². The summed E-state index contributed by atoms with van der Waals surface area (Å²) in [7, 11) is 1.56. The molecule has 1 atom stereocenters. The molecule has 0 fully saturated rings. The third-order valence-corrected chi connectivity index (χ3v) is 3.59. The van der Waals surface area contributed by atoms with Gasteiger partial charge in [0.2, 0.25) is 0 Å². The van der Waals surface area contributed by atoms with Crippen molar-refractivity contribution in [3.63, 3.8) is 0 Å². The highest BCUT2D eigenvalue weighted by Crippen LogP contribution is 2.24. The van der Waals surface area contributed by atoms with Crippen molar-refractivity contribution in [3.8, 4) is 11.5 Å². The van der Waals surface area contributed by atoms with Gasteiger partial charge in [0.1, 0.15) is 23.2 Å². The third-order valence-electron chi connectivity index (χ3n) is 3.59. The fourth-order valence-electron chi connectivity index (χ4n) is 2.50. The first-order chi connectivity index (χ1) is 13.5. The molecule has 2 N–H and O–H groups in total. The zero-order valence-corrected chi connectivity index (χ0v) is 17.5. The summed E-state index contributed by atoms with van der Waals surface area (Å²) in [5.74, 6) is -0.126. The molecule has 1 amide bonds. The standard InChI is InChI=1S/C20H27N3O6/c1-12-7-17(22-23(12)19(26)29-20(3,4)5)21-18(25)14-8-15(24)10-16(9-14)28-13(2)11-27-6/h7-10,13,24H,11H2,1-6H3,(H,21,22,25)/t13-/m0/s1. The average molecular weight is 405 g/mol. The lowest BCUT2D eigenvalue weighted by atomic mass is 10.2. The third kappa shape index (κ3) is 6.49. The second kappa shape index (κ2) is 8.95. The number of rotatable bonds is 6. The van der Waals surface area contributed by atoms with E-state index in [-0.39, 0.29) is 23.2 Å². The van der Waals surface area contributed by atoms with Crippen LogP contribution in [0.5, 0.6) is 11.5 Å². The number of phenols is 1. The van der Waals surface area contributed by atoms with Gasteiger partial charge in [0, 0.05) is 30.5 Å². The summed E-state index contributed by atoms with van der Waals surface area (Å²) >= 11 is 0. The van der Waals surface area contributed by atoms with Crippen LogP contribution in [-0.2, 0) is 9.47 Å². The molecule has 0 unspecified atom stereocenters. The van der Waals surface area contributed by atoms with Crippen LogP contribution in [0.25, 0.3) is 0 Å². The number of carbonyl (C=O) groups is 2. The summed E-state index contributed by atoms with van der Waals surface area (Å²) in [6, 6.07) is 5.76. The molecule has 9 nitrogen and oxygen atoms in total. The predicted molar refractivity (Wildman–Crippen MR) is 107 cm³/mol. The minimum absolute atomic E-state index is 0.118. The largest absolute Gasteiger partial charge is 0.508 e. The van der Waals surface area contributed by atoms with Crippen LogP contribution >= 0.6 is 0 Å². The van der Waals surface area contributed by atoms with Crippen molar-refractivity contribution in [2.75, 3.05) is 19.0 Å². The Balaban J connectivity index is 2.15. The molecule has 9 heteroatoms. The van der Waals surface area contributed by atoms with Crippen LogP contribution in [0.3, 0.4) is 0 Å². The van der Waals surface area contributed by atoms with E-state index in [1.807, 2.05) is 0 Å². The van der Waals surface area contributed by atoms with Crippen LogP contribution in [-0.4, -0.2) is 52.3 Å². The molecule has 1 aromatic heterocycles. The Morgan fingerprint density at radius 2 is 1.93 bits per heavy atom. The molecule has 29 heavy (non-hydrogen) atoms. The predicted octanol–water partition coefficient (Wildman–Crippen LogP) is 3.35. The van der Waals surface area contributed by atoms with E-state index >= 15 is 0 Å². The fourth-order valence-corrected chi connectivity index (χ4v) is 2.50. The summed E-state index contributed by atoms with van der Waals surface area (Å²) in [6.07, 6.45) is -0.902. The van der Waals surface area contributed by atoms with Gasteiger partial charge in [-0.3, -0.25) is 4.79 Å². The van der Waals surface area contributed by atoms with Crippen molar-refractivity contribution < 1.29 is 28.9 Å². The number of aryl methyl sites for hydroxylation is 1. The fraction of sp³-hybridized carbons (Fsp3) is 0.450. The van der Waals surface area contributed by atoms with Crippen LogP contribution in [0.4, 0.5) is 10.6 Å². The van der Waals surface area contributed by atoms with Gasteiger partial charge in [0.05, 0.1) is 6.61 Å². The van der Waals surface area contributed by atoms with Gasteiger partial charge in [0.15, 0.2) is 5.82 Å². The SMILES string of the molecule is COC[C@H](C)Oc1cc(O)cc(C(=O)Nc2cc(C)n(C(=O)OC(C)(C)C)n2)c1. The number of hydrogen-bond acceptors (Lipinski definition) is 7. The van der Waals surface area contributed by atoms with E-state index < -0.39 is 17.6 Å². The molecule has 2 rings (SSSR count). The molecule has 2 aromatic rings. The molecule has 0 spiro atoms. The Kier molecular flexibility index (Phi) is 6.86. The molecule has 0 saturated carbocycles. The summed E-state index contributed by atoms with van der Waals surface area (Å²) in [5.41, 5.74) is 0.00790. The lowest BCUT2D eigenvalue weighted by Crippen LogP contribution is -2.28. The number of ether oxygens (including phenoxy) is 3. The van der Waals surface area contributed by atoms with E-state index in [2.05, 4.69) is 10.4 Å². The quantitative estimate of drug-likeness (QED) is 0.758. The first-order valence-electron chi connectivity index (χ1n) is 9.09. The number of anilines is 1. The maximum atomic E-state index is 12.6. The van der Waals surface area contributed by atoms with E-state index in [1.54, 1.807) is 47.8 Å². The summed E-state index contributed by atoms with van der Waals surface area (Å²) in [5, 5.41) is 16.6. The molecular weight excluding hydrogens is 378 g/mol. The molecule has 0 bridgehead atoms. The highest BCUT2D eigenvalue weighted by Gasteiger charge is 2.21. The Bertz CT molecular complexity index is 885. The Morgan fingerprint density at radius 1 is 1.24 bits per heavy atom. The Labute approximate surface area is 169 Å². The number of methoxy groups -OCH3 is 1. The molecule has 0 saturated heterocycles. The normalized spacial score (nSPS) is 12.3. The Hall–Kier alpha value is -3.07. The molecule has 0 aliphatic heterocycles. The van der Waals surface area contributed by atoms with E-state index in [4.69, 9.17) is 14.2 Å². The number of hydrogen-bond donors (Lipinski definition) is 2. The molecule has 158 valence electrons. The van der Waals surface area contributed by atoms with Crippen LogP contribution in [0.1, 0.15) is 43.7 Å². The van der Waals surface area contributed by atoms with E-state index in [1.165, 1.54) is 18.2 Å². The number of phenolic OH excluding ortho intramolecular Hbond substituents is 1. The number of aromatic nitrogens is 2. The molecule has 1 heterocycles. The number of carbonyl (C=O) groups excluding carboxylic acids is 2. The lowest BCUT2D eigenvalue weighted by Gasteiger charge is -2.19. The summed E-state index contributed by atoms with van der Waals surface area (Å²) < 4.78 is 17.0. The molecule has 1 aromatic carbocycles. The summed E-state index contributed by atoms with van der Waals surface area (Å²) in [4.78, 5) is 24.8. The number of nitrogens with one attached hydrogen (secondary N) is 1. The smallest absolute Gasteiger partial charge is 0.435 e. The van der Waals surface area contributed by atoms with Gasteiger partial charge in [-0.1, -0.05) is 0 Å². The average Bonchev–Trinajstić information content (AvgIpc) is 2.93. The van der Waals surface area contributed by atoms with Gasteiger partial charge >= 0.3 is 6.09 Å². The first-order valence-corrected chi connectivity index (χ1v) is 9.09. The van der Waals surface area contributed by atoms with Crippen molar-refractivity contribution in [1.29, 1.82) is 0 Å². The zero-order valence-electron chi connectivity index (χ0n) is 17.5. The number of amides is 1. The number of benzene rings is 1. The van der Waals surface area contributed by atoms with Gasteiger partial charge in [-0.25, -0.2) is 4.79 Å². The highest BCUT2D eigenvalue weighted by molar-refractivity contribution is 6.04. The van der Waals surface area contributed by atoms with Crippen molar-refractivity contribution >= 4 is 17.8 Å². The van der Waals surface area contributed by atoms with Crippen LogP contribution in [0, 0.1) is 6.92 Å². The van der Waals surface area contributed by atoms with Crippen molar-refractivity contribution in [2.45, 2.75) is 46.3 Å². The van der Waals surface area contributed by atoms with Crippen molar-refractivity contribution in [3.05, 3.63) is 35.5 Å². The Morgan fingerprint density at radius 3 is 2.55 bits per heavy atom. The molecule has 0 radical (unpaired) electrons. The topological polar surface area (TPSA) is 112 Å². The van der Waals surface area contributed by atoms with Crippen molar-refractivity contribution in [1.82, 2.24) is 9.78 Å². The van der Waals surface area contributed by atoms with Gasteiger partial charge in [-0.15, -0.1) is 5.10 Å². The zero-order chi connectivity index (χ0) is 21.8. The molecular formula is C20H27N3O6. The maximum absolute atomic E-state index is 12.6. The first kappa shape index (κ1) is 22.2. The van der Waals surface area contributed by atoms with E-state index in [0.717, 1.165) is 4.68 Å². The molecule has 0 aliphatic rings. The van der Waals surface area contributed by atoms with Gasteiger partial charge in [-0.2, -0.15) is 4.68 Å². The maximum Gasteiger partial charge on any atom is 0.435 e. The van der Waals surface area contributed by atoms with E-state index in [9.17, 15) is 14.7 Å². The lowest BCUT2D eigenvalue weighted by molar-refractivity contribution is 0.0511. The summed E-state index contributed by atoms with van der Waals surface area (Å²) in [6.45, 7) is 9.09. The molecule has 0 aliphatic carbocycles. The van der Waals surface area contributed by atoms with Crippen LogP contribution < -0.4 is 10.1 Å². The second-order valence-corrected chi connectivity index (χ2v) is 7.62. The van der Waals surface area contributed by atoms with Crippen LogP contribution in [0.15, 0.2) is 24.3 Å².